The summed E-state index contributed by atoms with van der Waals surface area (Å²) in [7, 11) is -3.24. The summed E-state index contributed by atoms with van der Waals surface area (Å²) in [6.45, 7) is -0.188. The van der Waals surface area contributed by atoms with Gasteiger partial charge in [0, 0.05) is 43.7 Å². The quantitative estimate of drug-likeness (QED) is 0.155. The van der Waals surface area contributed by atoms with Crippen LogP contribution < -0.4 is 53.6 Å². The molecule has 8 aromatic carbocycles. The highest BCUT2D eigenvalue weighted by Gasteiger charge is 2.50. The largest absolute Gasteiger partial charge is 0.456 e. The molecule has 0 saturated carbocycles. The minimum atomic E-state index is -3.24. The first-order valence-electron chi connectivity index (χ1n) is 18.5. The van der Waals surface area contributed by atoms with Crippen LogP contribution in [0.15, 0.2) is 199 Å². The van der Waals surface area contributed by atoms with Crippen LogP contribution in [0, 0.1) is 0 Å². The molecular formula is C48H32B2NO2P. The lowest BCUT2D eigenvalue weighted by atomic mass is 9.33. The standard InChI is InChI=1S/C48H32B2NO2P/c52-54-46-24-11-8-19-40(46)49(33-26-29-37(30-27-33)51(35-14-3-1-4-15-35)36-16-5-2-6-17-36)42-21-13-22-43(48(42)54)50(41-20-9-12-25-47(41)54)34-28-31-39-38-18-7-10-23-44(38)53-45(39)32-34/h1-32H. The van der Waals surface area contributed by atoms with Gasteiger partial charge in [0.05, 0.1) is 0 Å². The molecule has 11 rings (SSSR count). The number of anilines is 3. The molecule has 2 aliphatic rings. The molecule has 0 spiro atoms. The van der Waals surface area contributed by atoms with Crippen LogP contribution in [0.4, 0.5) is 17.1 Å². The lowest BCUT2D eigenvalue weighted by molar-refractivity contribution is 0.592. The first-order chi connectivity index (χ1) is 26.7. The fourth-order valence-electron chi connectivity index (χ4n) is 9.21. The predicted molar refractivity (Wildman–Crippen MR) is 230 cm³/mol. The van der Waals surface area contributed by atoms with E-state index in [1.165, 1.54) is 5.46 Å². The van der Waals surface area contributed by atoms with E-state index in [4.69, 9.17) is 4.42 Å². The number of para-hydroxylation sites is 3. The smallest absolute Gasteiger partial charge is 0.243 e. The first-order valence-corrected chi connectivity index (χ1v) is 20.2. The second-order valence-electron chi connectivity index (χ2n) is 14.3. The van der Waals surface area contributed by atoms with Crippen LogP contribution in [0.25, 0.3) is 21.9 Å². The Morgan fingerprint density at radius 1 is 0.407 bits per heavy atom. The molecule has 0 saturated heterocycles. The van der Waals surface area contributed by atoms with Gasteiger partial charge in [-0.05, 0) is 48.5 Å². The van der Waals surface area contributed by atoms with Crippen molar-refractivity contribution in [3.8, 4) is 0 Å². The third-order valence-corrected chi connectivity index (χ3v) is 14.8. The van der Waals surface area contributed by atoms with E-state index in [0.717, 1.165) is 82.2 Å². The number of hydrogen-bond acceptors (Lipinski definition) is 3. The number of rotatable bonds is 5. The molecule has 1 unspecified atom stereocenters. The van der Waals surface area contributed by atoms with Crippen molar-refractivity contribution in [3.05, 3.63) is 194 Å². The van der Waals surface area contributed by atoms with Crippen molar-refractivity contribution in [3.63, 3.8) is 0 Å². The van der Waals surface area contributed by atoms with E-state index in [1.54, 1.807) is 0 Å². The Balaban J connectivity index is 1.10. The van der Waals surface area contributed by atoms with Gasteiger partial charge in [-0.25, -0.2) is 0 Å². The number of fused-ring (bicyclic) bond motifs is 7. The molecule has 3 heterocycles. The fraction of sp³-hybridized carbons (Fsp3) is 0. The summed E-state index contributed by atoms with van der Waals surface area (Å²) in [6.07, 6.45) is 0. The van der Waals surface area contributed by atoms with Crippen molar-refractivity contribution in [1.82, 2.24) is 0 Å². The van der Waals surface area contributed by atoms with E-state index >= 15 is 4.57 Å². The van der Waals surface area contributed by atoms with Gasteiger partial charge in [0.25, 0.3) is 0 Å². The lowest BCUT2D eigenvalue weighted by Crippen LogP contribution is -2.74. The Bertz CT molecular complexity index is 2900. The van der Waals surface area contributed by atoms with Gasteiger partial charge in [0.1, 0.15) is 11.2 Å². The van der Waals surface area contributed by atoms with Gasteiger partial charge in [-0.15, -0.1) is 0 Å². The minimum Gasteiger partial charge on any atom is -0.456 e. The van der Waals surface area contributed by atoms with Crippen LogP contribution in [-0.4, -0.2) is 13.4 Å². The van der Waals surface area contributed by atoms with Crippen LogP contribution >= 0.6 is 7.14 Å². The maximum atomic E-state index is 16.3. The van der Waals surface area contributed by atoms with Crippen molar-refractivity contribution in [1.29, 1.82) is 0 Å². The molecule has 6 heteroatoms. The Morgan fingerprint density at radius 3 is 1.54 bits per heavy atom. The van der Waals surface area contributed by atoms with Crippen molar-refractivity contribution in [2.45, 2.75) is 0 Å². The molecule has 1 aromatic heterocycles. The molecule has 2 aliphatic heterocycles. The molecule has 252 valence electrons. The van der Waals surface area contributed by atoms with Crippen LogP contribution in [0.2, 0.25) is 0 Å². The van der Waals surface area contributed by atoms with Crippen LogP contribution in [-0.2, 0) is 4.57 Å². The van der Waals surface area contributed by atoms with Gasteiger partial charge in [-0.3, -0.25) is 0 Å². The summed E-state index contributed by atoms with van der Waals surface area (Å²) in [5.41, 5.74) is 11.8. The second kappa shape index (κ2) is 12.1. The Kier molecular flexibility index (Phi) is 7.02. The van der Waals surface area contributed by atoms with Crippen LogP contribution in [0.3, 0.4) is 0 Å². The molecule has 0 fully saturated rings. The minimum absolute atomic E-state index is 0.0852. The summed E-state index contributed by atoms with van der Waals surface area (Å²) < 4.78 is 22.7. The van der Waals surface area contributed by atoms with E-state index in [1.807, 2.05) is 24.3 Å². The molecule has 3 nitrogen and oxygen atoms in total. The van der Waals surface area contributed by atoms with Gasteiger partial charge < -0.3 is 13.9 Å². The number of furan rings is 1. The zero-order chi connectivity index (χ0) is 35.8. The molecular weight excluding hydrogens is 675 g/mol. The highest BCUT2D eigenvalue weighted by molar-refractivity contribution is 7.88. The van der Waals surface area contributed by atoms with Crippen molar-refractivity contribution < 1.29 is 8.98 Å². The molecule has 0 N–H and O–H groups in total. The number of hydrogen-bond donors (Lipinski definition) is 0. The lowest BCUT2D eigenvalue weighted by Gasteiger charge is -2.40. The molecule has 0 aliphatic carbocycles. The summed E-state index contributed by atoms with van der Waals surface area (Å²) in [5.74, 6) is 0. The summed E-state index contributed by atoms with van der Waals surface area (Å²) in [5, 5.41) is 5.08. The van der Waals surface area contributed by atoms with Crippen LogP contribution in [0.1, 0.15) is 0 Å². The number of nitrogens with zero attached hydrogens (tertiary/aromatic N) is 1. The molecule has 0 amide bonds. The second-order valence-corrected chi connectivity index (χ2v) is 17.0. The molecule has 9 aromatic rings. The monoisotopic (exact) mass is 707 g/mol. The molecule has 1 atom stereocenters. The summed E-state index contributed by atoms with van der Waals surface area (Å²) in [6, 6.07) is 68.3. The highest BCUT2D eigenvalue weighted by atomic mass is 31.2. The van der Waals surface area contributed by atoms with Gasteiger partial charge in [0.15, 0.2) is 7.14 Å². The van der Waals surface area contributed by atoms with Gasteiger partial charge in [-0.1, -0.05) is 178 Å². The normalized spacial score (nSPS) is 15.5. The van der Waals surface area contributed by atoms with Crippen molar-refractivity contribution >= 4 is 108 Å². The number of benzene rings is 8. The van der Waals surface area contributed by atoms with Crippen LogP contribution in [0.5, 0.6) is 0 Å². The van der Waals surface area contributed by atoms with E-state index < -0.39 is 7.14 Å². The van der Waals surface area contributed by atoms with E-state index in [-0.39, 0.29) is 13.4 Å². The Labute approximate surface area is 315 Å². The predicted octanol–water partition coefficient (Wildman–Crippen LogP) is 6.35. The molecule has 0 bridgehead atoms. The van der Waals surface area contributed by atoms with E-state index in [2.05, 4.69) is 175 Å². The van der Waals surface area contributed by atoms with Gasteiger partial charge >= 0.3 is 0 Å². The third kappa shape index (κ3) is 4.55. The van der Waals surface area contributed by atoms with Crippen molar-refractivity contribution in [2.75, 3.05) is 4.90 Å². The maximum absolute atomic E-state index is 16.3. The Morgan fingerprint density at radius 2 is 0.889 bits per heavy atom. The maximum Gasteiger partial charge on any atom is 0.243 e. The summed E-state index contributed by atoms with van der Waals surface area (Å²) in [4.78, 5) is 2.29. The first kappa shape index (κ1) is 31.3. The molecule has 0 radical (unpaired) electrons. The van der Waals surface area contributed by atoms with Gasteiger partial charge in [-0.2, -0.15) is 0 Å². The Hall–Kier alpha value is -6.28. The van der Waals surface area contributed by atoms with E-state index in [0.29, 0.717) is 0 Å². The van der Waals surface area contributed by atoms with E-state index in [9.17, 15) is 0 Å². The zero-order valence-corrected chi connectivity index (χ0v) is 30.2. The topological polar surface area (TPSA) is 33.5 Å². The average molecular weight is 707 g/mol. The highest BCUT2D eigenvalue weighted by Crippen LogP contribution is 2.44. The third-order valence-electron chi connectivity index (χ3n) is 11.5. The zero-order valence-electron chi connectivity index (χ0n) is 29.3. The average Bonchev–Trinajstić information content (AvgIpc) is 3.61. The SMILES string of the molecule is O=P12c3ccccc3B(c3ccc(N(c4ccccc4)c4ccccc4)cc3)c3cccc(c31)B(c1ccc3c(c1)oc1ccccc13)c1ccccc12. The molecule has 54 heavy (non-hydrogen) atoms. The summed E-state index contributed by atoms with van der Waals surface area (Å²) >= 11 is 0. The van der Waals surface area contributed by atoms with Crippen molar-refractivity contribution in [2.24, 2.45) is 0 Å². The van der Waals surface area contributed by atoms with Gasteiger partial charge in [0.2, 0.25) is 13.4 Å². The fourth-order valence-corrected chi connectivity index (χ4v) is 12.8.